The number of aliphatic hydroxyl groups is 1. The fourth-order valence-electron chi connectivity index (χ4n) is 4.05. The summed E-state index contributed by atoms with van der Waals surface area (Å²) in [6.45, 7) is 9.33. The van der Waals surface area contributed by atoms with Crippen LogP contribution in [0.5, 0.6) is 5.75 Å². The molecule has 0 heterocycles. The number of aliphatic carboxylic acids is 2. The molecule has 3 unspecified atom stereocenters. The van der Waals surface area contributed by atoms with Crippen LogP contribution in [0.3, 0.4) is 0 Å². The van der Waals surface area contributed by atoms with Gasteiger partial charge in [-0.05, 0) is 98.1 Å². The summed E-state index contributed by atoms with van der Waals surface area (Å²) >= 11 is 0. The highest BCUT2D eigenvalue weighted by Gasteiger charge is 2.13. The zero-order valence-corrected chi connectivity index (χ0v) is 31.5. The molecule has 0 saturated carbocycles. The van der Waals surface area contributed by atoms with E-state index in [2.05, 4.69) is 27.6 Å². The first-order chi connectivity index (χ1) is 25.4. The lowest BCUT2D eigenvalue weighted by molar-refractivity contribution is -0.139. The number of carbonyl (C=O) groups is 5. The van der Waals surface area contributed by atoms with Crippen molar-refractivity contribution in [2.75, 3.05) is 28.8 Å². The van der Waals surface area contributed by atoms with Crippen molar-refractivity contribution in [2.45, 2.75) is 59.5 Å². The van der Waals surface area contributed by atoms with Crippen LogP contribution in [0.25, 0.3) is 0 Å². The SMILES string of the molecule is CC(=O)Nc1ccc(C(C)C(=O)O)cc1.CC(=O)Nc1ccc(C(C)O)cc1.CC(C(=O)O)c1ccc(N)cc1.COc1ccc(NC(C)=O)cc1.NN. The van der Waals surface area contributed by atoms with Crippen molar-refractivity contribution in [1.82, 2.24) is 0 Å². The van der Waals surface area contributed by atoms with Gasteiger partial charge in [-0.15, -0.1) is 0 Å². The highest BCUT2D eigenvalue weighted by atomic mass is 16.5. The standard InChI is InChI=1S/C11H13NO3.C10H13NO2.2C9H11NO2.H4N2/c1-7(11(14)15)9-3-5-10(6-4-9)12-8(2)13;1-7(12)9-3-5-10(6-4-9)11-8(2)13;1-7(11)10-8-3-5-9(12-2)6-4-8;1-6(9(11)12)7-2-4-8(10)5-3-7;1-2/h3-7H,1-2H3,(H,12,13)(H,14,15);3-7,12H,1-2H3,(H,11,13);3-6H,1-2H3,(H,10,11);2-6H,10H2,1H3,(H,11,12);1-2H2. The number of benzene rings is 4. The molecular formula is C39H52N6O9. The number of methoxy groups -OCH3 is 1. The molecule has 0 fully saturated rings. The van der Waals surface area contributed by atoms with Crippen LogP contribution in [0.2, 0.25) is 0 Å². The average molecular weight is 749 g/mol. The number of hydrogen-bond acceptors (Lipinski definition) is 10. The second-order valence-corrected chi connectivity index (χ2v) is 11.5. The minimum absolute atomic E-state index is 0.0693. The molecule has 0 bridgehead atoms. The number of hydrazine groups is 1. The predicted molar refractivity (Wildman–Crippen MR) is 211 cm³/mol. The fourth-order valence-corrected chi connectivity index (χ4v) is 4.05. The van der Waals surface area contributed by atoms with Crippen molar-refractivity contribution < 1.29 is 44.0 Å². The summed E-state index contributed by atoms with van der Waals surface area (Å²) in [4.78, 5) is 53.3. The second-order valence-electron chi connectivity index (χ2n) is 11.5. The van der Waals surface area contributed by atoms with E-state index in [1.165, 1.54) is 20.8 Å². The molecule has 0 saturated heterocycles. The smallest absolute Gasteiger partial charge is 0.310 e. The number of carbonyl (C=O) groups excluding carboxylic acids is 3. The monoisotopic (exact) mass is 748 g/mol. The largest absolute Gasteiger partial charge is 0.497 e. The van der Waals surface area contributed by atoms with Crippen molar-refractivity contribution in [3.8, 4) is 5.75 Å². The zero-order valence-electron chi connectivity index (χ0n) is 31.5. The minimum Gasteiger partial charge on any atom is -0.497 e. The zero-order chi connectivity index (χ0) is 41.4. The summed E-state index contributed by atoms with van der Waals surface area (Å²) in [5.74, 6) is 5.80. The molecule has 12 N–H and O–H groups in total. The number of nitrogens with two attached hydrogens (primary N) is 3. The molecule has 0 radical (unpaired) electrons. The number of anilines is 4. The van der Waals surface area contributed by atoms with Crippen molar-refractivity contribution in [3.63, 3.8) is 0 Å². The van der Waals surface area contributed by atoms with Crippen LogP contribution < -0.4 is 38.1 Å². The van der Waals surface area contributed by atoms with E-state index in [0.29, 0.717) is 11.4 Å². The van der Waals surface area contributed by atoms with Gasteiger partial charge < -0.3 is 41.7 Å². The first-order valence-corrected chi connectivity index (χ1v) is 16.4. The van der Waals surface area contributed by atoms with Crippen molar-refractivity contribution >= 4 is 52.4 Å². The maximum Gasteiger partial charge on any atom is 0.310 e. The third kappa shape index (κ3) is 19.9. The Morgan fingerprint density at radius 3 is 1.07 bits per heavy atom. The lowest BCUT2D eigenvalue weighted by Crippen LogP contribution is -2.08. The van der Waals surface area contributed by atoms with Gasteiger partial charge in [-0.25, -0.2) is 0 Å². The number of carboxylic acids is 2. The van der Waals surface area contributed by atoms with Gasteiger partial charge in [0.2, 0.25) is 17.7 Å². The van der Waals surface area contributed by atoms with Gasteiger partial charge in [-0.2, -0.15) is 0 Å². The van der Waals surface area contributed by atoms with Gasteiger partial charge in [-0.3, -0.25) is 35.7 Å². The first-order valence-electron chi connectivity index (χ1n) is 16.4. The Bertz CT molecular complexity index is 1730. The fraction of sp³-hybridized carbons (Fsp3) is 0.256. The topological polar surface area (TPSA) is 269 Å². The number of hydrogen-bond donors (Lipinski definition) is 9. The van der Waals surface area contributed by atoms with Crippen LogP contribution in [-0.4, -0.2) is 52.1 Å². The number of rotatable bonds is 9. The van der Waals surface area contributed by atoms with E-state index in [4.69, 9.17) is 20.7 Å². The molecule has 4 aromatic carbocycles. The molecule has 0 aromatic heterocycles. The van der Waals surface area contributed by atoms with E-state index in [1.54, 1.807) is 125 Å². The number of carboxylic acid groups (broad SMARTS) is 2. The number of aliphatic hydroxyl groups excluding tert-OH is 1. The van der Waals surface area contributed by atoms with Crippen molar-refractivity contribution in [2.24, 2.45) is 11.7 Å². The number of nitrogen functional groups attached to an aromatic ring is 1. The van der Waals surface area contributed by atoms with Gasteiger partial charge in [0, 0.05) is 43.5 Å². The summed E-state index contributed by atoms with van der Waals surface area (Å²) in [5.41, 5.74) is 10.6. The predicted octanol–water partition coefficient (Wildman–Crippen LogP) is 5.46. The normalized spacial score (nSPS) is 11.1. The highest BCUT2D eigenvalue weighted by Crippen LogP contribution is 2.19. The molecule has 4 rings (SSSR count). The van der Waals surface area contributed by atoms with Crippen LogP contribution in [-0.2, 0) is 24.0 Å². The molecule has 3 atom stereocenters. The van der Waals surface area contributed by atoms with Gasteiger partial charge >= 0.3 is 11.9 Å². The summed E-state index contributed by atoms with van der Waals surface area (Å²) in [6, 6.07) is 27.9. The van der Waals surface area contributed by atoms with Crippen LogP contribution in [0.4, 0.5) is 22.7 Å². The van der Waals surface area contributed by atoms with E-state index in [-0.39, 0.29) is 17.7 Å². The molecule has 0 aliphatic rings. The summed E-state index contributed by atoms with van der Waals surface area (Å²) in [6.07, 6.45) is -0.466. The van der Waals surface area contributed by atoms with E-state index >= 15 is 0 Å². The molecule has 4 aromatic rings. The molecule has 0 aliphatic carbocycles. The number of amides is 3. The van der Waals surface area contributed by atoms with Gasteiger partial charge in [0.1, 0.15) is 5.75 Å². The highest BCUT2D eigenvalue weighted by molar-refractivity contribution is 5.89. The second kappa shape index (κ2) is 25.6. The summed E-state index contributed by atoms with van der Waals surface area (Å²) in [5, 5.41) is 34.6. The minimum atomic E-state index is -0.859. The van der Waals surface area contributed by atoms with Crippen LogP contribution >= 0.6 is 0 Å². The molecule has 15 nitrogen and oxygen atoms in total. The van der Waals surface area contributed by atoms with Crippen LogP contribution in [0.15, 0.2) is 97.1 Å². The summed E-state index contributed by atoms with van der Waals surface area (Å²) in [7, 11) is 1.60. The Morgan fingerprint density at radius 2 is 0.815 bits per heavy atom. The van der Waals surface area contributed by atoms with Crippen LogP contribution in [0.1, 0.15) is 76.2 Å². The number of ether oxygens (including phenoxy) is 1. The van der Waals surface area contributed by atoms with Crippen LogP contribution in [0, 0.1) is 0 Å². The Hall–Kier alpha value is -6.29. The summed E-state index contributed by atoms with van der Waals surface area (Å²) < 4.78 is 4.96. The molecule has 3 amide bonds. The molecule has 292 valence electrons. The third-order valence-corrected chi connectivity index (χ3v) is 7.03. The van der Waals surface area contributed by atoms with Crippen molar-refractivity contribution in [3.05, 3.63) is 114 Å². The van der Waals surface area contributed by atoms with E-state index in [1.807, 2.05) is 0 Å². The Morgan fingerprint density at radius 1 is 0.537 bits per heavy atom. The van der Waals surface area contributed by atoms with Gasteiger partial charge in [0.25, 0.3) is 0 Å². The maximum absolute atomic E-state index is 10.7. The van der Waals surface area contributed by atoms with Gasteiger partial charge in [-0.1, -0.05) is 36.4 Å². The molecule has 15 heteroatoms. The molecule has 54 heavy (non-hydrogen) atoms. The average Bonchev–Trinajstić information content (AvgIpc) is 3.13. The number of nitrogens with one attached hydrogen (secondary N) is 3. The third-order valence-electron chi connectivity index (χ3n) is 7.03. The Labute approximate surface area is 315 Å². The lowest BCUT2D eigenvalue weighted by atomic mass is 10.0. The van der Waals surface area contributed by atoms with E-state index < -0.39 is 29.9 Å². The first kappa shape index (κ1) is 47.7. The quantitative estimate of drug-likeness (QED) is 0.0587. The Kier molecular flexibility index (Phi) is 22.6. The maximum atomic E-state index is 10.7. The van der Waals surface area contributed by atoms with E-state index in [9.17, 15) is 29.1 Å². The lowest BCUT2D eigenvalue weighted by Gasteiger charge is -2.07. The molecule has 0 aliphatic heterocycles. The Balaban J connectivity index is 0.000000685. The van der Waals surface area contributed by atoms with Gasteiger partial charge in [0.05, 0.1) is 25.0 Å². The van der Waals surface area contributed by atoms with Gasteiger partial charge in [0.15, 0.2) is 0 Å². The molecular weight excluding hydrogens is 696 g/mol. The van der Waals surface area contributed by atoms with Crippen molar-refractivity contribution in [1.29, 1.82) is 0 Å². The van der Waals surface area contributed by atoms with E-state index in [0.717, 1.165) is 33.8 Å². The molecule has 0 spiro atoms.